The summed E-state index contributed by atoms with van der Waals surface area (Å²) in [5, 5.41) is 4.15. The fourth-order valence-electron chi connectivity index (χ4n) is 2.36. The molecule has 0 fully saturated rings. The molecule has 1 heterocycles. The first-order valence-electron chi connectivity index (χ1n) is 7.44. The molecule has 3 rings (SSSR count). The van der Waals surface area contributed by atoms with Crippen molar-refractivity contribution in [3.8, 4) is 5.75 Å². The van der Waals surface area contributed by atoms with Crippen LogP contribution in [0, 0.1) is 0 Å². The summed E-state index contributed by atoms with van der Waals surface area (Å²) in [5.74, 6) is 1.45. The highest BCUT2D eigenvalue weighted by molar-refractivity contribution is 5.91. The maximum absolute atomic E-state index is 5.91. The van der Waals surface area contributed by atoms with E-state index in [0.29, 0.717) is 19.0 Å². The Balaban J connectivity index is 1.74. The van der Waals surface area contributed by atoms with Gasteiger partial charge in [-0.3, -0.25) is 0 Å². The zero-order valence-corrected chi connectivity index (χ0v) is 12.9. The molecule has 6 nitrogen and oxygen atoms in total. The van der Waals surface area contributed by atoms with E-state index in [1.807, 2.05) is 49.4 Å². The van der Waals surface area contributed by atoms with E-state index in [-0.39, 0.29) is 5.95 Å². The Morgan fingerprint density at radius 1 is 1.04 bits per heavy atom. The third kappa shape index (κ3) is 3.42. The molecule has 6 heteroatoms. The van der Waals surface area contributed by atoms with Crippen molar-refractivity contribution in [3.05, 3.63) is 48.0 Å². The van der Waals surface area contributed by atoms with Crippen molar-refractivity contribution in [2.75, 3.05) is 23.4 Å². The second kappa shape index (κ2) is 6.39. The molecule has 0 radical (unpaired) electrons. The third-order valence-corrected chi connectivity index (χ3v) is 3.47. The van der Waals surface area contributed by atoms with E-state index in [0.717, 1.165) is 27.9 Å². The first kappa shape index (κ1) is 14.9. The lowest BCUT2D eigenvalue weighted by Crippen LogP contribution is -2.02. The monoisotopic (exact) mass is 309 g/mol. The van der Waals surface area contributed by atoms with Crippen LogP contribution in [0.25, 0.3) is 10.9 Å². The molecule has 5 N–H and O–H groups in total. The average molecular weight is 309 g/mol. The standard InChI is InChI=1S/C17H19N5O/c1-2-23-13-6-3-11(4-7-13)10-20-12-5-8-15-14(9-12)16(18)22-17(19)21-15/h3-9,20H,2,10H2,1H3,(H4,18,19,21,22). The first-order valence-corrected chi connectivity index (χ1v) is 7.44. The SMILES string of the molecule is CCOc1ccc(CNc2ccc3nc(N)nc(N)c3c2)cc1. The molecule has 23 heavy (non-hydrogen) atoms. The number of hydrogen-bond acceptors (Lipinski definition) is 6. The van der Waals surface area contributed by atoms with Gasteiger partial charge in [0.2, 0.25) is 5.95 Å². The highest BCUT2D eigenvalue weighted by Gasteiger charge is 2.04. The van der Waals surface area contributed by atoms with E-state index in [1.165, 1.54) is 0 Å². The highest BCUT2D eigenvalue weighted by atomic mass is 16.5. The topological polar surface area (TPSA) is 99.1 Å². The molecule has 0 unspecified atom stereocenters. The molecular weight excluding hydrogens is 290 g/mol. The summed E-state index contributed by atoms with van der Waals surface area (Å²) in [4.78, 5) is 8.16. The molecule has 0 spiro atoms. The Bertz CT molecular complexity index is 817. The Morgan fingerprint density at radius 3 is 2.57 bits per heavy atom. The van der Waals surface area contributed by atoms with Gasteiger partial charge in [-0.15, -0.1) is 0 Å². The van der Waals surface area contributed by atoms with E-state index < -0.39 is 0 Å². The van der Waals surface area contributed by atoms with Crippen molar-refractivity contribution in [2.24, 2.45) is 0 Å². The molecule has 0 amide bonds. The van der Waals surface area contributed by atoms with Gasteiger partial charge in [0, 0.05) is 17.6 Å². The summed E-state index contributed by atoms with van der Waals surface area (Å²) >= 11 is 0. The van der Waals surface area contributed by atoms with Crippen LogP contribution in [-0.4, -0.2) is 16.6 Å². The number of nitrogen functional groups attached to an aromatic ring is 2. The van der Waals surface area contributed by atoms with Gasteiger partial charge in [-0.05, 0) is 42.8 Å². The molecular formula is C17H19N5O. The summed E-state index contributed by atoms with van der Waals surface area (Å²) in [6.07, 6.45) is 0. The molecule has 118 valence electrons. The highest BCUT2D eigenvalue weighted by Crippen LogP contribution is 2.23. The van der Waals surface area contributed by atoms with Crippen LogP contribution < -0.4 is 21.5 Å². The fourth-order valence-corrected chi connectivity index (χ4v) is 2.36. The van der Waals surface area contributed by atoms with Crippen molar-refractivity contribution in [1.29, 1.82) is 0 Å². The van der Waals surface area contributed by atoms with Crippen LogP contribution in [0.3, 0.4) is 0 Å². The van der Waals surface area contributed by atoms with Crippen LogP contribution in [-0.2, 0) is 6.54 Å². The second-order valence-electron chi connectivity index (χ2n) is 5.13. The number of ether oxygens (including phenoxy) is 1. The fraction of sp³-hybridized carbons (Fsp3) is 0.176. The van der Waals surface area contributed by atoms with Crippen LogP contribution in [0.2, 0.25) is 0 Å². The van der Waals surface area contributed by atoms with Crippen molar-refractivity contribution in [1.82, 2.24) is 9.97 Å². The maximum atomic E-state index is 5.91. The predicted molar refractivity (Wildman–Crippen MR) is 93.3 cm³/mol. The van der Waals surface area contributed by atoms with E-state index in [4.69, 9.17) is 16.2 Å². The number of benzene rings is 2. The number of hydrogen-bond donors (Lipinski definition) is 3. The number of nitrogens with zero attached hydrogens (tertiary/aromatic N) is 2. The Labute approximate surface area is 134 Å². The van der Waals surface area contributed by atoms with Gasteiger partial charge < -0.3 is 21.5 Å². The molecule has 0 saturated carbocycles. The summed E-state index contributed by atoms with van der Waals surface area (Å²) in [5.41, 5.74) is 14.4. The molecule has 0 aliphatic carbocycles. The molecule has 0 bridgehead atoms. The van der Waals surface area contributed by atoms with Gasteiger partial charge in [0.05, 0.1) is 12.1 Å². The lowest BCUT2D eigenvalue weighted by molar-refractivity contribution is 0.340. The minimum absolute atomic E-state index is 0.185. The Hall–Kier alpha value is -3.02. The molecule has 1 aromatic heterocycles. The van der Waals surface area contributed by atoms with E-state index in [1.54, 1.807) is 0 Å². The zero-order chi connectivity index (χ0) is 16.2. The summed E-state index contributed by atoms with van der Waals surface area (Å²) in [6.45, 7) is 3.34. The zero-order valence-electron chi connectivity index (χ0n) is 12.9. The molecule has 0 aliphatic heterocycles. The molecule has 3 aromatic rings. The minimum atomic E-state index is 0.185. The van der Waals surface area contributed by atoms with Crippen molar-refractivity contribution >= 4 is 28.4 Å². The average Bonchev–Trinajstić information content (AvgIpc) is 2.55. The lowest BCUT2D eigenvalue weighted by atomic mass is 10.2. The molecule has 2 aromatic carbocycles. The van der Waals surface area contributed by atoms with E-state index in [2.05, 4.69) is 15.3 Å². The molecule has 0 aliphatic rings. The number of rotatable bonds is 5. The number of nitrogens with two attached hydrogens (primary N) is 2. The third-order valence-electron chi connectivity index (χ3n) is 3.47. The van der Waals surface area contributed by atoms with Crippen LogP contribution in [0.5, 0.6) is 5.75 Å². The Morgan fingerprint density at radius 2 is 1.83 bits per heavy atom. The predicted octanol–water partition coefficient (Wildman–Crippen LogP) is 2.81. The van der Waals surface area contributed by atoms with Gasteiger partial charge in [0.15, 0.2) is 0 Å². The van der Waals surface area contributed by atoms with Crippen LogP contribution in [0.15, 0.2) is 42.5 Å². The molecule has 0 saturated heterocycles. The van der Waals surface area contributed by atoms with Gasteiger partial charge in [-0.25, -0.2) is 4.98 Å². The van der Waals surface area contributed by atoms with Gasteiger partial charge in [-0.2, -0.15) is 4.98 Å². The number of anilines is 3. The van der Waals surface area contributed by atoms with Crippen LogP contribution >= 0.6 is 0 Å². The second-order valence-corrected chi connectivity index (χ2v) is 5.13. The van der Waals surface area contributed by atoms with E-state index in [9.17, 15) is 0 Å². The number of aromatic nitrogens is 2. The summed E-state index contributed by atoms with van der Waals surface area (Å²) in [7, 11) is 0. The first-order chi connectivity index (χ1) is 11.2. The van der Waals surface area contributed by atoms with Gasteiger partial charge in [-0.1, -0.05) is 12.1 Å². The van der Waals surface area contributed by atoms with Gasteiger partial charge in [0.1, 0.15) is 11.6 Å². The van der Waals surface area contributed by atoms with Crippen LogP contribution in [0.4, 0.5) is 17.5 Å². The van der Waals surface area contributed by atoms with Crippen molar-refractivity contribution in [2.45, 2.75) is 13.5 Å². The van der Waals surface area contributed by atoms with Gasteiger partial charge in [0.25, 0.3) is 0 Å². The number of fused-ring (bicyclic) bond motifs is 1. The molecule has 0 atom stereocenters. The van der Waals surface area contributed by atoms with E-state index >= 15 is 0 Å². The van der Waals surface area contributed by atoms with Crippen LogP contribution in [0.1, 0.15) is 12.5 Å². The summed E-state index contributed by atoms with van der Waals surface area (Å²) in [6, 6.07) is 13.8. The minimum Gasteiger partial charge on any atom is -0.494 e. The lowest BCUT2D eigenvalue weighted by Gasteiger charge is -2.09. The Kier molecular flexibility index (Phi) is 4.14. The number of nitrogens with one attached hydrogen (secondary N) is 1. The summed E-state index contributed by atoms with van der Waals surface area (Å²) < 4.78 is 5.44. The van der Waals surface area contributed by atoms with Crippen molar-refractivity contribution in [3.63, 3.8) is 0 Å². The van der Waals surface area contributed by atoms with Crippen molar-refractivity contribution < 1.29 is 4.74 Å². The largest absolute Gasteiger partial charge is 0.494 e. The normalized spacial score (nSPS) is 10.7. The quantitative estimate of drug-likeness (QED) is 0.670. The maximum Gasteiger partial charge on any atom is 0.222 e. The smallest absolute Gasteiger partial charge is 0.222 e. The van der Waals surface area contributed by atoms with Gasteiger partial charge >= 0.3 is 0 Å².